The molecule has 26 heavy (non-hydrogen) atoms. The summed E-state index contributed by atoms with van der Waals surface area (Å²) >= 11 is 1.71. The van der Waals surface area contributed by atoms with E-state index in [1.807, 2.05) is 26.0 Å². The fraction of sp³-hybridized carbons (Fsp3) is 0.429. The molecule has 1 aliphatic carbocycles. The van der Waals surface area contributed by atoms with E-state index < -0.39 is 11.9 Å². The van der Waals surface area contributed by atoms with Crippen molar-refractivity contribution in [2.45, 2.75) is 50.2 Å². The molecule has 0 aromatic heterocycles. The average Bonchev–Trinajstić information content (AvgIpc) is 2.60. The molecule has 138 valence electrons. The molecule has 0 amide bonds. The molecular formula is C21H24O4S. The lowest BCUT2D eigenvalue weighted by molar-refractivity contribution is -0.140. The van der Waals surface area contributed by atoms with E-state index in [1.54, 1.807) is 18.7 Å². The van der Waals surface area contributed by atoms with Crippen molar-refractivity contribution >= 4 is 23.7 Å². The van der Waals surface area contributed by atoms with E-state index in [1.165, 1.54) is 10.5 Å². The maximum Gasteiger partial charge on any atom is 0.338 e. The van der Waals surface area contributed by atoms with Crippen LogP contribution in [0.2, 0.25) is 0 Å². The van der Waals surface area contributed by atoms with E-state index in [4.69, 9.17) is 4.74 Å². The van der Waals surface area contributed by atoms with Gasteiger partial charge in [-0.3, -0.25) is 0 Å². The minimum Gasteiger partial charge on any atom is -0.478 e. The minimum absolute atomic E-state index is 0.0539. The second-order valence-corrected chi connectivity index (χ2v) is 8.64. The molecule has 1 N–H and O–H groups in total. The van der Waals surface area contributed by atoms with Crippen molar-refractivity contribution in [2.75, 3.05) is 6.61 Å². The number of carboxylic acids is 1. The number of carboxylic acid groups (broad SMARTS) is 1. The van der Waals surface area contributed by atoms with Crippen LogP contribution in [0.4, 0.5) is 0 Å². The average molecular weight is 372 g/mol. The normalized spacial score (nSPS) is 21.7. The van der Waals surface area contributed by atoms with Gasteiger partial charge in [0.1, 0.15) is 0 Å². The molecule has 3 rings (SSSR count). The number of benzene rings is 1. The molecule has 0 fully saturated rings. The summed E-state index contributed by atoms with van der Waals surface area (Å²) in [6.07, 6.45) is 4.20. The highest BCUT2D eigenvalue weighted by Crippen LogP contribution is 2.46. The topological polar surface area (TPSA) is 63.6 Å². The van der Waals surface area contributed by atoms with E-state index in [-0.39, 0.29) is 28.4 Å². The Balaban J connectivity index is 2.05. The monoisotopic (exact) mass is 372 g/mol. The van der Waals surface area contributed by atoms with Crippen molar-refractivity contribution in [3.05, 3.63) is 52.6 Å². The van der Waals surface area contributed by atoms with Gasteiger partial charge in [0, 0.05) is 10.1 Å². The number of carbonyl (C=O) groups is 2. The number of allylic oxidation sites excluding steroid dienone is 1. The molecular weight excluding hydrogens is 348 g/mol. The third-order valence-electron chi connectivity index (χ3n) is 4.77. The lowest BCUT2D eigenvalue weighted by atomic mass is 9.74. The lowest BCUT2D eigenvalue weighted by Crippen LogP contribution is -2.29. The number of rotatable bonds is 4. The first-order valence-electron chi connectivity index (χ1n) is 8.93. The maximum atomic E-state index is 12.6. The number of thioether (sulfide) groups is 1. The van der Waals surface area contributed by atoms with Crippen molar-refractivity contribution in [2.24, 2.45) is 5.41 Å². The summed E-state index contributed by atoms with van der Waals surface area (Å²) in [6.45, 7) is 5.99. The molecule has 0 radical (unpaired) electrons. The third-order valence-corrected chi connectivity index (χ3v) is 6.20. The van der Waals surface area contributed by atoms with Gasteiger partial charge in [-0.1, -0.05) is 38.1 Å². The molecule has 1 aliphatic heterocycles. The van der Waals surface area contributed by atoms with Gasteiger partial charge < -0.3 is 9.84 Å². The number of esters is 1. The fourth-order valence-corrected chi connectivity index (χ4v) is 5.02. The van der Waals surface area contributed by atoms with E-state index in [0.29, 0.717) is 6.42 Å². The molecule has 2 aliphatic rings. The first-order valence-corrected chi connectivity index (χ1v) is 9.81. The Hall–Kier alpha value is -2.01. The molecule has 0 bridgehead atoms. The molecule has 0 saturated carbocycles. The van der Waals surface area contributed by atoms with Crippen LogP contribution < -0.4 is 0 Å². The summed E-state index contributed by atoms with van der Waals surface area (Å²) in [4.78, 5) is 25.7. The molecule has 0 saturated heterocycles. The van der Waals surface area contributed by atoms with Crippen LogP contribution in [0.3, 0.4) is 0 Å². The summed E-state index contributed by atoms with van der Waals surface area (Å²) in [7, 11) is 0. The van der Waals surface area contributed by atoms with Crippen LogP contribution in [0.25, 0.3) is 0 Å². The first-order chi connectivity index (χ1) is 12.3. The quantitative estimate of drug-likeness (QED) is 0.794. The molecule has 4 nitrogen and oxygen atoms in total. The number of ether oxygens (including phenoxy) is 1. The predicted octanol–water partition coefficient (Wildman–Crippen LogP) is 4.39. The van der Waals surface area contributed by atoms with Crippen molar-refractivity contribution in [3.63, 3.8) is 0 Å². The van der Waals surface area contributed by atoms with Crippen LogP contribution >= 0.6 is 11.8 Å². The van der Waals surface area contributed by atoms with E-state index in [9.17, 15) is 14.7 Å². The second-order valence-electron chi connectivity index (χ2n) is 7.40. The molecule has 1 aromatic carbocycles. The van der Waals surface area contributed by atoms with Crippen molar-refractivity contribution < 1.29 is 19.4 Å². The molecule has 1 atom stereocenters. The van der Waals surface area contributed by atoms with E-state index in [2.05, 4.69) is 18.2 Å². The van der Waals surface area contributed by atoms with Crippen LogP contribution in [-0.4, -0.2) is 28.9 Å². The number of fused-ring (bicyclic) bond motifs is 1. The Kier molecular flexibility index (Phi) is 5.28. The summed E-state index contributed by atoms with van der Waals surface area (Å²) in [5, 5.41) is 9.79. The van der Waals surface area contributed by atoms with Gasteiger partial charge in [-0.05, 0) is 48.8 Å². The molecule has 1 aromatic rings. The standard InChI is InChI=1S/C21H24O4S/c1-4-25-20(24)18-14(11-21(2,3)12-15(18)19(22)23)17-10-9-13-7-5-6-8-16(13)26-17/h5-8,11,17H,4,9-10,12H2,1-3H3,(H,22,23). The highest BCUT2D eigenvalue weighted by molar-refractivity contribution is 8.00. The van der Waals surface area contributed by atoms with Gasteiger partial charge in [-0.25, -0.2) is 9.59 Å². The summed E-state index contributed by atoms with van der Waals surface area (Å²) < 4.78 is 5.21. The summed E-state index contributed by atoms with van der Waals surface area (Å²) in [5.41, 5.74) is 2.25. The van der Waals surface area contributed by atoms with Crippen LogP contribution in [-0.2, 0) is 20.7 Å². The number of aryl methyl sites for hydroxylation is 1. The highest BCUT2D eigenvalue weighted by Gasteiger charge is 2.38. The number of hydrogen-bond donors (Lipinski definition) is 1. The van der Waals surface area contributed by atoms with E-state index >= 15 is 0 Å². The van der Waals surface area contributed by atoms with Gasteiger partial charge in [0.15, 0.2) is 0 Å². The molecule has 5 heteroatoms. The Morgan fingerprint density at radius 2 is 2.04 bits per heavy atom. The fourth-order valence-electron chi connectivity index (χ4n) is 3.69. The zero-order valence-electron chi connectivity index (χ0n) is 15.4. The first kappa shape index (κ1) is 18.8. The number of aliphatic carboxylic acids is 1. The van der Waals surface area contributed by atoms with Gasteiger partial charge in [-0.2, -0.15) is 0 Å². The second kappa shape index (κ2) is 7.31. The minimum atomic E-state index is -1.03. The zero-order valence-corrected chi connectivity index (χ0v) is 16.2. The van der Waals surface area contributed by atoms with Gasteiger partial charge in [0.05, 0.1) is 17.8 Å². The Morgan fingerprint density at radius 3 is 2.73 bits per heavy atom. The van der Waals surface area contributed by atoms with Gasteiger partial charge >= 0.3 is 11.9 Å². The third kappa shape index (κ3) is 3.73. The highest BCUT2D eigenvalue weighted by atomic mass is 32.2. The molecule has 1 unspecified atom stereocenters. The number of hydrogen-bond acceptors (Lipinski definition) is 4. The summed E-state index contributed by atoms with van der Waals surface area (Å²) in [6, 6.07) is 8.27. The van der Waals surface area contributed by atoms with Gasteiger partial charge in [0.2, 0.25) is 0 Å². The Morgan fingerprint density at radius 1 is 1.31 bits per heavy atom. The largest absolute Gasteiger partial charge is 0.478 e. The lowest BCUT2D eigenvalue weighted by Gasteiger charge is -2.34. The maximum absolute atomic E-state index is 12.6. The van der Waals surface area contributed by atoms with Crippen molar-refractivity contribution in [1.29, 1.82) is 0 Å². The van der Waals surface area contributed by atoms with Crippen LogP contribution in [0.5, 0.6) is 0 Å². The molecule has 0 spiro atoms. The predicted molar refractivity (Wildman–Crippen MR) is 102 cm³/mol. The zero-order chi connectivity index (χ0) is 18.9. The smallest absolute Gasteiger partial charge is 0.338 e. The van der Waals surface area contributed by atoms with Crippen LogP contribution in [0.1, 0.15) is 39.2 Å². The van der Waals surface area contributed by atoms with Gasteiger partial charge in [-0.15, -0.1) is 11.8 Å². The molecule has 1 heterocycles. The Bertz CT molecular complexity index is 804. The van der Waals surface area contributed by atoms with E-state index in [0.717, 1.165) is 18.4 Å². The van der Waals surface area contributed by atoms with Crippen LogP contribution in [0.15, 0.2) is 52.0 Å². The summed E-state index contributed by atoms with van der Waals surface area (Å²) in [5.74, 6) is -1.56. The van der Waals surface area contributed by atoms with Crippen molar-refractivity contribution in [3.8, 4) is 0 Å². The van der Waals surface area contributed by atoms with Crippen molar-refractivity contribution in [1.82, 2.24) is 0 Å². The number of carbonyl (C=O) groups excluding carboxylic acids is 1. The Labute approximate surface area is 158 Å². The van der Waals surface area contributed by atoms with Crippen LogP contribution in [0, 0.1) is 5.41 Å². The SMILES string of the molecule is CCOC(=O)C1=C(C(=O)O)CC(C)(C)C=C1C1CCc2ccccc2S1. The van der Waals surface area contributed by atoms with Gasteiger partial charge in [0.25, 0.3) is 0 Å².